The van der Waals surface area contributed by atoms with E-state index < -0.39 is 0 Å². The van der Waals surface area contributed by atoms with Gasteiger partial charge in [0.2, 0.25) is 0 Å². The summed E-state index contributed by atoms with van der Waals surface area (Å²) in [5, 5.41) is 28.9. The molecular formula is C18H16N4OS. The van der Waals surface area contributed by atoms with Gasteiger partial charge in [0.25, 0.3) is 0 Å². The van der Waals surface area contributed by atoms with Crippen molar-refractivity contribution >= 4 is 33.1 Å². The Labute approximate surface area is 143 Å². The molecule has 5 nitrogen and oxygen atoms in total. The molecule has 0 aliphatic carbocycles. The lowest BCUT2D eigenvalue weighted by Crippen LogP contribution is -2.05. The number of hydrogen-bond acceptors (Lipinski definition) is 5. The summed E-state index contributed by atoms with van der Waals surface area (Å²) >= 11 is 1.55. The number of aryl methyl sites for hydroxylation is 1. The second kappa shape index (κ2) is 6.10. The molecule has 3 aromatic rings. The molecule has 3 heterocycles. The first-order chi connectivity index (χ1) is 11.8. The normalized spacial score (nSPS) is 15.0. The van der Waals surface area contributed by atoms with Crippen molar-refractivity contribution < 1.29 is 5.11 Å². The molecule has 0 bridgehead atoms. The number of nitrogens with zero attached hydrogens (tertiary/aromatic N) is 4. The standard InChI is InChI=1S/C18H16N4OS/c19-11-12(18-21-20-17-7-2-1-3-8-22(17)18)9-13-10-14-15(23)5-4-6-16(14)24-13/h4-6,9-10,23H,1-3,7-8H2. The fraction of sp³-hybridized carbons (Fsp3) is 0.278. The number of thiophene rings is 1. The molecule has 1 aliphatic rings. The van der Waals surface area contributed by atoms with Crippen LogP contribution in [0.3, 0.4) is 0 Å². The summed E-state index contributed by atoms with van der Waals surface area (Å²) < 4.78 is 3.07. The van der Waals surface area contributed by atoms with Gasteiger partial charge in [-0.25, -0.2) is 0 Å². The molecule has 0 atom stereocenters. The molecule has 0 saturated heterocycles. The number of hydrogen-bond donors (Lipinski definition) is 1. The van der Waals surface area contributed by atoms with Gasteiger partial charge < -0.3 is 9.67 Å². The van der Waals surface area contributed by atoms with Gasteiger partial charge in [0.1, 0.15) is 17.6 Å². The molecule has 1 N–H and O–H groups in total. The molecular weight excluding hydrogens is 320 g/mol. The van der Waals surface area contributed by atoms with Crippen LogP contribution in [0, 0.1) is 11.3 Å². The Hall–Kier alpha value is -2.65. The van der Waals surface area contributed by atoms with Crippen LogP contribution < -0.4 is 0 Å². The zero-order valence-corrected chi connectivity index (χ0v) is 13.9. The molecule has 0 radical (unpaired) electrons. The maximum Gasteiger partial charge on any atom is 0.174 e. The van der Waals surface area contributed by atoms with Crippen LogP contribution in [-0.4, -0.2) is 19.9 Å². The van der Waals surface area contributed by atoms with Crippen LogP contribution in [-0.2, 0) is 13.0 Å². The van der Waals surface area contributed by atoms with Gasteiger partial charge in [-0.2, -0.15) is 5.26 Å². The Kier molecular flexibility index (Phi) is 3.79. The zero-order valence-electron chi connectivity index (χ0n) is 13.1. The molecule has 2 aromatic heterocycles. The van der Waals surface area contributed by atoms with Crippen LogP contribution >= 0.6 is 11.3 Å². The monoisotopic (exact) mass is 336 g/mol. The molecule has 120 valence electrons. The fourth-order valence-electron chi connectivity index (χ4n) is 3.11. The van der Waals surface area contributed by atoms with E-state index in [1.54, 1.807) is 17.4 Å². The van der Waals surface area contributed by atoms with Crippen LogP contribution in [0.1, 0.15) is 35.8 Å². The summed E-state index contributed by atoms with van der Waals surface area (Å²) in [4.78, 5) is 0.925. The third-order valence-electron chi connectivity index (χ3n) is 4.31. The quantitative estimate of drug-likeness (QED) is 0.718. The van der Waals surface area contributed by atoms with E-state index in [0.29, 0.717) is 11.4 Å². The average Bonchev–Trinajstić information content (AvgIpc) is 3.10. The first kappa shape index (κ1) is 14.9. The maximum absolute atomic E-state index is 9.94. The van der Waals surface area contributed by atoms with Gasteiger partial charge in [0, 0.05) is 27.9 Å². The van der Waals surface area contributed by atoms with Crippen LogP contribution in [0.15, 0.2) is 24.3 Å². The number of rotatable bonds is 2. The zero-order chi connectivity index (χ0) is 16.5. The topological polar surface area (TPSA) is 74.7 Å². The van der Waals surface area contributed by atoms with Crippen molar-refractivity contribution in [2.75, 3.05) is 0 Å². The highest BCUT2D eigenvalue weighted by molar-refractivity contribution is 7.20. The SMILES string of the molecule is N#CC(=Cc1cc2c(O)cccc2s1)c1nnc2n1CCCCC2. The van der Waals surface area contributed by atoms with E-state index in [-0.39, 0.29) is 5.75 Å². The van der Waals surface area contributed by atoms with Crippen molar-refractivity contribution in [2.45, 2.75) is 32.2 Å². The second-order valence-electron chi connectivity index (χ2n) is 5.91. The van der Waals surface area contributed by atoms with Gasteiger partial charge in [-0.1, -0.05) is 12.5 Å². The molecule has 0 fully saturated rings. The Balaban J connectivity index is 1.78. The Morgan fingerprint density at radius 3 is 3.04 bits per heavy atom. The van der Waals surface area contributed by atoms with E-state index in [9.17, 15) is 10.4 Å². The molecule has 0 unspecified atom stereocenters. The minimum absolute atomic E-state index is 0.262. The Morgan fingerprint density at radius 1 is 1.29 bits per heavy atom. The predicted molar refractivity (Wildman–Crippen MR) is 94.6 cm³/mol. The molecule has 0 amide bonds. The lowest BCUT2D eigenvalue weighted by molar-refractivity contribution is 0.482. The van der Waals surface area contributed by atoms with E-state index in [1.165, 1.54) is 6.42 Å². The van der Waals surface area contributed by atoms with Gasteiger partial charge in [0.15, 0.2) is 5.82 Å². The van der Waals surface area contributed by atoms with E-state index in [2.05, 4.69) is 20.8 Å². The van der Waals surface area contributed by atoms with E-state index >= 15 is 0 Å². The van der Waals surface area contributed by atoms with Gasteiger partial charge in [-0.15, -0.1) is 21.5 Å². The largest absolute Gasteiger partial charge is 0.507 e. The highest BCUT2D eigenvalue weighted by Gasteiger charge is 2.18. The number of allylic oxidation sites excluding steroid dienone is 1. The second-order valence-corrected chi connectivity index (χ2v) is 7.03. The third-order valence-corrected chi connectivity index (χ3v) is 5.36. The summed E-state index contributed by atoms with van der Waals surface area (Å²) in [5.41, 5.74) is 0.515. The molecule has 4 rings (SSSR count). The van der Waals surface area contributed by atoms with Crippen LogP contribution in [0.2, 0.25) is 0 Å². The van der Waals surface area contributed by atoms with Crippen molar-refractivity contribution in [1.82, 2.24) is 14.8 Å². The van der Waals surface area contributed by atoms with Crippen molar-refractivity contribution in [3.63, 3.8) is 0 Å². The van der Waals surface area contributed by atoms with Crippen LogP contribution in [0.4, 0.5) is 0 Å². The number of aromatic nitrogens is 3. The maximum atomic E-state index is 9.94. The van der Waals surface area contributed by atoms with E-state index in [0.717, 1.165) is 46.6 Å². The lowest BCUT2D eigenvalue weighted by Gasteiger charge is -2.05. The Bertz CT molecular complexity index is 977. The number of fused-ring (bicyclic) bond motifs is 2. The summed E-state index contributed by atoms with van der Waals surface area (Å²) in [5.74, 6) is 1.88. The van der Waals surface area contributed by atoms with Crippen molar-refractivity contribution in [1.29, 1.82) is 5.26 Å². The van der Waals surface area contributed by atoms with Crippen molar-refractivity contribution in [3.05, 3.63) is 40.8 Å². The summed E-state index contributed by atoms with van der Waals surface area (Å²) in [6, 6.07) is 9.64. The fourth-order valence-corrected chi connectivity index (χ4v) is 4.14. The Morgan fingerprint density at radius 2 is 2.21 bits per heavy atom. The lowest BCUT2D eigenvalue weighted by atomic mass is 10.2. The van der Waals surface area contributed by atoms with Gasteiger partial charge >= 0.3 is 0 Å². The first-order valence-electron chi connectivity index (χ1n) is 8.02. The molecule has 1 aliphatic heterocycles. The average molecular weight is 336 g/mol. The number of phenols is 1. The minimum Gasteiger partial charge on any atom is -0.507 e. The highest BCUT2D eigenvalue weighted by atomic mass is 32.1. The summed E-state index contributed by atoms with van der Waals surface area (Å²) in [7, 11) is 0. The first-order valence-corrected chi connectivity index (χ1v) is 8.83. The summed E-state index contributed by atoms with van der Waals surface area (Å²) in [6.07, 6.45) is 6.16. The van der Waals surface area contributed by atoms with Gasteiger partial charge in [0.05, 0.1) is 5.57 Å². The molecule has 6 heteroatoms. The molecule has 1 aromatic carbocycles. The van der Waals surface area contributed by atoms with Gasteiger partial charge in [-0.3, -0.25) is 0 Å². The number of nitriles is 1. The predicted octanol–water partition coefficient (Wildman–Crippen LogP) is 3.99. The molecule has 0 saturated carbocycles. The highest BCUT2D eigenvalue weighted by Crippen LogP contribution is 2.34. The number of benzene rings is 1. The third kappa shape index (κ3) is 2.57. The molecule has 0 spiro atoms. The summed E-state index contributed by atoms with van der Waals surface area (Å²) in [6.45, 7) is 0.865. The van der Waals surface area contributed by atoms with Crippen molar-refractivity contribution in [2.24, 2.45) is 0 Å². The van der Waals surface area contributed by atoms with Crippen molar-refractivity contribution in [3.8, 4) is 11.8 Å². The smallest absolute Gasteiger partial charge is 0.174 e. The van der Waals surface area contributed by atoms with E-state index in [1.807, 2.05) is 24.3 Å². The number of aromatic hydroxyl groups is 1. The van der Waals surface area contributed by atoms with Gasteiger partial charge in [-0.05, 0) is 37.1 Å². The minimum atomic E-state index is 0.262. The van der Waals surface area contributed by atoms with E-state index in [4.69, 9.17) is 0 Å². The molecule has 24 heavy (non-hydrogen) atoms. The van der Waals surface area contributed by atoms with Crippen LogP contribution in [0.5, 0.6) is 5.75 Å². The van der Waals surface area contributed by atoms with Crippen LogP contribution in [0.25, 0.3) is 21.7 Å². The number of phenolic OH excluding ortho intramolecular Hbond substituents is 1.